The highest BCUT2D eigenvalue weighted by Crippen LogP contribution is 2.62. The number of hydrogen-bond donors (Lipinski definition) is 1. The highest BCUT2D eigenvalue weighted by molar-refractivity contribution is 5.82. The molecule has 4 rings (SSSR count). The summed E-state index contributed by atoms with van der Waals surface area (Å²) in [4.78, 5) is 36.8. The lowest BCUT2D eigenvalue weighted by molar-refractivity contribution is -0.259. The minimum absolute atomic E-state index is 0.0841. The van der Waals surface area contributed by atoms with Crippen LogP contribution in [0.1, 0.15) is 73.1 Å². The lowest BCUT2D eigenvalue weighted by Crippen LogP contribution is -2.65. The van der Waals surface area contributed by atoms with Gasteiger partial charge in [0.25, 0.3) is 5.60 Å². The zero-order valence-corrected chi connectivity index (χ0v) is 19.7. The van der Waals surface area contributed by atoms with E-state index in [-0.39, 0.29) is 24.7 Å². The van der Waals surface area contributed by atoms with Gasteiger partial charge in [-0.15, -0.1) is 0 Å². The molecule has 0 aromatic heterocycles. The van der Waals surface area contributed by atoms with Crippen molar-refractivity contribution in [3.8, 4) is 0 Å². The zero-order valence-electron chi connectivity index (χ0n) is 19.7. The summed E-state index contributed by atoms with van der Waals surface area (Å²) < 4.78 is 54.4. The summed E-state index contributed by atoms with van der Waals surface area (Å²) in [6.07, 6.45) is -1.15. The van der Waals surface area contributed by atoms with E-state index >= 15 is 0 Å². The SMILES string of the molecule is CCC(C)(C)C(=O)OC12CC3CC(C1)C(C)(OC(=O)COC(=O)C(C)(O)C(F)(F)F)C(C3)C2. The van der Waals surface area contributed by atoms with Crippen molar-refractivity contribution in [1.82, 2.24) is 0 Å². The van der Waals surface area contributed by atoms with Crippen molar-refractivity contribution in [2.45, 2.75) is 96.1 Å². The molecule has 188 valence electrons. The maximum Gasteiger partial charge on any atom is 0.427 e. The topological polar surface area (TPSA) is 99.1 Å². The first-order chi connectivity index (χ1) is 15.0. The van der Waals surface area contributed by atoms with Gasteiger partial charge in [-0.1, -0.05) is 6.92 Å². The molecule has 0 spiro atoms. The van der Waals surface area contributed by atoms with E-state index in [2.05, 4.69) is 4.74 Å². The van der Waals surface area contributed by atoms with Crippen molar-refractivity contribution < 1.29 is 46.9 Å². The number of carbonyl (C=O) groups excluding carboxylic acids is 3. The van der Waals surface area contributed by atoms with Gasteiger partial charge in [0, 0.05) is 11.8 Å². The number of aliphatic hydroxyl groups is 1. The fraction of sp³-hybridized carbons (Fsp3) is 0.870. The fourth-order valence-electron chi connectivity index (χ4n) is 5.54. The number of rotatable bonds is 7. The van der Waals surface area contributed by atoms with E-state index in [1.165, 1.54) is 0 Å². The van der Waals surface area contributed by atoms with E-state index in [0.717, 1.165) is 19.3 Å². The van der Waals surface area contributed by atoms with Crippen molar-refractivity contribution in [3.05, 3.63) is 0 Å². The van der Waals surface area contributed by atoms with Crippen LogP contribution < -0.4 is 0 Å². The summed E-state index contributed by atoms with van der Waals surface area (Å²) in [5.74, 6) is -3.01. The molecule has 7 nitrogen and oxygen atoms in total. The highest BCUT2D eigenvalue weighted by Gasteiger charge is 2.64. The molecule has 0 heterocycles. The summed E-state index contributed by atoms with van der Waals surface area (Å²) in [5, 5.41) is 9.35. The minimum Gasteiger partial charge on any atom is -0.459 e. The second kappa shape index (κ2) is 8.13. The van der Waals surface area contributed by atoms with Gasteiger partial charge in [-0.25, -0.2) is 9.59 Å². The van der Waals surface area contributed by atoms with E-state index in [9.17, 15) is 32.7 Å². The summed E-state index contributed by atoms with van der Waals surface area (Å²) in [6, 6.07) is 0. The number of carbonyl (C=O) groups is 3. The van der Waals surface area contributed by atoms with E-state index in [1.54, 1.807) is 6.92 Å². The molecule has 4 aliphatic rings. The summed E-state index contributed by atoms with van der Waals surface area (Å²) in [7, 11) is 0. The molecule has 4 saturated carbocycles. The lowest BCUT2D eigenvalue weighted by Gasteiger charge is -2.62. The maximum absolute atomic E-state index is 12.8. The van der Waals surface area contributed by atoms with Crippen LogP contribution in [0.5, 0.6) is 0 Å². The summed E-state index contributed by atoms with van der Waals surface area (Å²) in [6.45, 7) is 6.64. The molecule has 0 aromatic rings. The van der Waals surface area contributed by atoms with Gasteiger partial charge in [0.05, 0.1) is 5.41 Å². The van der Waals surface area contributed by atoms with Crippen LogP contribution in [0.4, 0.5) is 13.2 Å². The monoisotopic (exact) mass is 478 g/mol. The molecular formula is C23H33F3O7. The summed E-state index contributed by atoms with van der Waals surface area (Å²) >= 11 is 0. The van der Waals surface area contributed by atoms with Crippen LogP contribution in [0, 0.1) is 23.2 Å². The third-order valence-electron chi connectivity index (χ3n) is 8.10. The Bertz CT molecular complexity index is 801. The number of hydrogen-bond acceptors (Lipinski definition) is 7. The van der Waals surface area contributed by atoms with Gasteiger partial charge in [-0.05, 0) is 72.1 Å². The van der Waals surface area contributed by atoms with Crippen LogP contribution in [0.25, 0.3) is 0 Å². The molecule has 0 aliphatic heterocycles. The molecule has 4 aliphatic carbocycles. The van der Waals surface area contributed by atoms with Gasteiger partial charge in [0.2, 0.25) is 0 Å². The predicted octanol–water partition coefficient (Wildman–Crippen LogP) is 3.70. The van der Waals surface area contributed by atoms with Crippen molar-refractivity contribution in [1.29, 1.82) is 0 Å². The Morgan fingerprint density at radius 1 is 0.970 bits per heavy atom. The number of ether oxygens (including phenoxy) is 3. The fourth-order valence-corrected chi connectivity index (χ4v) is 5.54. The van der Waals surface area contributed by atoms with Crippen LogP contribution in [0.15, 0.2) is 0 Å². The molecule has 33 heavy (non-hydrogen) atoms. The quantitative estimate of drug-likeness (QED) is 0.440. The zero-order chi connectivity index (χ0) is 25.0. The molecule has 0 amide bonds. The molecule has 10 heteroatoms. The van der Waals surface area contributed by atoms with Crippen LogP contribution in [-0.4, -0.2) is 52.6 Å². The van der Waals surface area contributed by atoms with E-state index < -0.39 is 46.9 Å². The predicted molar refractivity (Wildman–Crippen MR) is 109 cm³/mol. The number of halogens is 3. The van der Waals surface area contributed by atoms with Gasteiger partial charge >= 0.3 is 24.1 Å². The van der Waals surface area contributed by atoms with Gasteiger partial charge in [0.1, 0.15) is 11.2 Å². The van der Waals surface area contributed by atoms with E-state index in [4.69, 9.17) is 9.47 Å². The highest BCUT2D eigenvalue weighted by atomic mass is 19.4. The smallest absolute Gasteiger partial charge is 0.427 e. The largest absolute Gasteiger partial charge is 0.459 e. The Balaban J connectivity index is 1.65. The molecule has 0 saturated heterocycles. The molecule has 4 fully saturated rings. The Morgan fingerprint density at radius 3 is 2.00 bits per heavy atom. The van der Waals surface area contributed by atoms with Crippen LogP contribution in [0.3, 0.4) is 0 Å². The molecule has 4 bridgehead atoms. The van der Waals surface area contributed by atoms with Gasteiger partial charge < -0.3 is 19.3 Å². The van der Waals surface area contributed by atoms with Crippen LogP contribution >= 0.6 is 0 Å². The average Bonchev–Trinajstić information content (AvgIpc) is 2.68. The number of esters is 3. The molecular weight excluding hydrogens is 445 g/mol. The van der Waals surface area contributed by atoms with Crippen LogP contribution in [-0.2, 0) is 28.6 Å². The molecule has 0 aromatic carbocycles. The molecule has 0 radical (unpaired) electrons. The van der Waals surface area contributed by atoms with Gasteiger partial charge in [-0.3, -0.25) is 4.79 Å². The Labute approximate surface area is 191 Å². The van der Waals surface area contributed by atoms with Crippen molar-refractivity contribution >= 4 is 17.9 Å². The Hall–Kier alpha value is -1.84. The lowest BCUT2D eigenvalue weighted by atomic mass is 9.48. The molecule has 3 atom stereocenters. The standard InChI is InChI=1S/C23H33F3O7/c1-6-19(2,3)17(28)33-22-9-13-7-14(10-22)20(4,15(8-13)11-22)32-16(27)12-31-18(29)21(5,30)23(24,25)26/h13-15,30H,6-12H2,1-5H3. The van der Waals surface area contributed by atoms with Crippen molar-refractivity contribution in [3.63, 3.8) is 0 Å². The van der Waals surface area contributed by atoms with Crippen molar-refractivity contribution in [2.24, 2.45) is 23.2 Å². The first-order valence-corrected chi connectivity index (χ1v) is 11.4. The second-order valence-electron chi connectivity index (χ2n) is 11.0. The number of alkyl halides is 3. The Morgan fingerprint density at radius 2 is 1.52 bits per heavy atom. The molecule has 3 unspecified atom stereocenters. The summed E-state index contributed by atoms with van der Waals surface area (Å²) in [5.41, 5.74) is -5.81. The minimum atomic E-state index is -5.24. The first-order valence-electron chi connectivity index (χ1n) is 11.4. The third kappa shape index (κ3) is 4.59. The first kappa shape index (κ1) is 25.8. The Kier molecular flexibility index (Phi) is 6.35. The van der Waals surface area contributed by atoms with Gasteiger partial charge in [-0.2, -0.15) is 13.2 Å². The van der Waals surface area contributed by atoms with E-state index in [1.807, 2.05) is 20.8 Å². The van der Waals surface area contributed by atoms with Gasteiger partial charge in [0.15, 0.2) is 6.61 Å². The third-order valence-corrected chi connectivity index (χ3v) is 8.10. The molecule has 1 N–H and O–H groups in total. The van der Waals surface area contributed by atoms with Crippen LogP contribution in [0.2, 0.25) is 0 Å². The normalized spacial score (nSPS) is 35.0. The maximum atomic E-state index is 12.8. The average molecular weight is 479 g/mol. The second-order valence-corrected chi connectivity index (χ2v) is 11.0. The van der Waals surface area contributed by atoms with Crippen molar-refractivity contribution in [2.75, 3.05) is 6.61 Å². The van der Waals surface area contributed by atoms with E-state index in [0.29, 0.717) is 25.2 Å².